The number of nitrogens with zero attached hydrogens (tertiary/aromatic N) is 2. The molecule has 128 valence electrons. The van der Waals surface area contributed by atoms with E-state index in [0.717, 1.165) is 38.5 Å². The number of likely N-dealkylation sites (tertiary alicyclic amines) is 1. The topological polar surface area (TPSA) is 39.6 Å². The minimum absolute atomic E-state index is 0.397. The molecule has 2 aliphatic rings. The third-order valence-corrected chi connectivity index (χ3v) is 5.87. The summed E-state index contributed by atoms with van der Waals surface area (Å²) >= 11 is 0. The van der Waals surface area contributed by atoms with Gasteiger partial charge in [-0.2, -0.15) is 0 Å². The number of fused-ring (bicyclic) bond motifs is 2. The number of hydrogen-bond acceptors (Lipinski definition) is 4. The van der Waals surface area contributed by atoms with Gasteiger partial charge in [0, 0.05) is 25.6 Å². The lowest BCUT2D eigenvalue weighted by Crippen LogP contribution is -2.58. The zero-order valence-electron chi connectivity index (χ0n) is 14.9. The molecule has 0 aliphatic carbocycles. The maximum atomic E-state index is 7.61. The average Bonchev–Trinajstić information content (AvgIpc) is 2.52. The van der Waals surface area contributed by atoms with Gasteiger partial charge in [-0.1, -0.05) is 26.7 Å². The summed E-state index contributed by atoms with van der Waals surface area (Å²) in [5, 5.41) is 7.61. The van der Waals surface area contributed by atoms with Crippen molar-refractivity contribution in [3.8, 4) is 0 Å². The minimum Gasteiger partial charge on any atom is -0.381 e. The van der Waals surface area contributed by atoms with Gasteiger partial charge in [-0.3, -0.25) is 9.80 Å². The molecule has 2 heterocycles. The van der Waals surface area contributed by atoms with E-state index in [1.54, 1.807) is 6.21 Å². The number of piperidine rings is 1. The van der Waals surface area contributed by atoms with Crippen LogP contribution in [0.1, 0.15) is 40.0 Å². The zero-order valence-corrected chi connectivity index (χ0v) is 14.9. The monoisotopic (exact) mass is 309 g/mol. The van der Waals surface area contributed by atoms with Gasteiger partial charge in [0.15, 0.2) is 0 Å². The summed E-state index contributed by atoms with van der Waals surface area (Å²) in [6.45, 7) is 12.1. The first-order valence-electron chi connectivity index (χ1n) is 9.13. The molecule has 4 atom stereocenters. The Bertz CT molecular complexity index is 335. The first kappa shape index (κ1) is 17.9. The molecule has 0 saturated carbocycles. The van der Waals surface area contributed by atoms with Crippen LogP contribution in [0.3, 0.4) is 0 Å². The van der Waals surface area contributed by atoms with E-state index in [0.29, 0.717) is 23.9 Å². The van der Waals surface area contributed by atoms with Crippen LogP contribution in [0.25, 0.3) is 0 Å². The predicted molar refractivity (Wildman–Crippen MR) is 92.4 cm³/mol. The molecule has 0 aromatic rings. The van der Waals surface area contributed by atoms with Gasteiger partial charge in [-0.25, -0.2) is 0 Å². The van der Waals surface area contributed by atoms with E-state index in [-0.39, 0.29) is 0 Å². The number of rotatable bonds is 8. The van der Waals surface area contributed by atoms with Crippen molar-refractivity contribution in [1.29, 1.82) is 5.41 Å². The van der Waals surface area contributed by atoms with E-state index in [1.807, 2.05) is 0 Å². The van der Waals surface area contributed by atoms with Crippen molar-refractivity contribution >= 4 is 6.21 Å². The summed E-state index contributed by atoms with van der Waals surface area (Å²) < 4.78 is 5.80. The second-order valence-electron chi connectivity index (χ2n) is 7.37. The lowest BCUT2D eigenvalue weighted by atomic mass is 9.75. The number of ether oxygens (including phenoxy) is 1. The van der Waals surface area contributed by atoms with Crippen LogP contribution < -0.4 is 0 Å². The van der Waals surface area contributed by atoms with Crippen LogP contribution >= 0.6 is 0 Å². The Hall–Kier alpha value is -0.450. The summed E-state index contributed by atoms with van der Waals surface area (Å²) in [7, 11) is 2.22. The molecule has 1 N–H and O–H groups in total. The maximum Gasteiger partial charge on any atom is 0.0591 e. The van der Waals surface area contributed by atoms with Crippen LogP contribution in [-0.4, -0.2) is 62.1 Å². The first-order valence-corrected chi connectivity index (χ1v) is 9.13. The van der Waals surface area contributed by atoms with Gasteiger partial charge in [0.2, 0.25) is 0 Å². The Labute approximate surface area is 136 Å². The fourth-order valence-corrected chi connectivity index (χ4v) is 4.43. The highest BCUT2D eigenvalue weighted by molar-refractivity contribution is 5.56. The molecule has 0 aromatic carbocycles. The van der Waals surface area contributed by atoms with E-state index in [2.05, 4.69) is 37.6 Å². The molecular formula is C18H35N3O. The minimum atomic E-state index is 0.397. The van der Waals surface area contributed by atoms with Gasteiger partial charge in [0.1, 0.15) is 0 Å². The molecule has 4 heteroatoms. The summed E-state index contributed by atoms with van der Waals surface area (Å²) in [5.41, 5.74) is 0. The predicted octanol–water partition coefficient (Wildman–Crippen LogP) is 2.93. The smallest absolute Gasteiger partial charge is 0.0591 e. The van der Waals surface area contributed by atoms with Crippen LogP contribution in [-0.2, 0) is 4.74 Å². The number of nitrogens with one attached hydrogen (secondary N) is 1. The summed E-state index contributed by atoms with van der Waals surface area (Å²) in [6, 6.07) is 0. The maximum absolute atomic E-state index is 7.61. The largest absolute Gasteiger partial charge is 0.381 e. The third-order valence-electron chi connectivity index (χ3n) is 5.87. The molecule has 0 aromatic heterocycles. The van der Waals surface area contributed by atoms with E-state index >= 15 is 0 Å². The van der Waals surface area contributed by atoms with Crippen LogP contribution in [0, 0.1) is 29.1 Å². The molecule has 0 amide bonds. The van der Waals surface area contributed by atoms with Crippen molar-refractivity contribution in [3.05, 3.63) is 0 Å². The fourth-order valence-electron chi connectivity index (χ4n) is 4.43. The Morgan fingerprint density at radius 3 is 2.41 bits per heavy atom. The van der Waals surface area contributed by atoms with Gasteiger partial charge >= 0.3 is 0 Å². The average molecular weight is 309 g/mol. The molecular weight excluding hydrogens is 274 g/mol. The molecule has 2 saturated heterocycles. The number of hydrogen-bond donors (Lipinski definition) is 1. The van der Waals surface area contributed by atoms with Crippen molar-refractivity contribution in [2.75, 3.05) is 39.9 Å². The SMILES string of the molecule is CCCC(C=N)CN(C)C(C)N1CC2COCC(C1)C2CC. The lowest BCUT2D eigenvalue weighted by molar-refractivity contribution is -0.107. The molecule has 2 bridgehead atoms. The molecule has 0 radical (unpaired) electrons. The van der Waals surface area contributed by atoms with Crippen molar-refractivity contribution in [2.45, 2.75) is 46.2 Å². The molecule has 4 unspecified atom stereocenters. The molecule has 2 rings (SSSR count). The Kier molecular flexibility index (Phi) is 6.85. The van der Waals surface area contributed by atoms with E-state index in [4.69, 9.17) is 10.1 Å². The second kappa shape index (κ2) is 8.42. The van der Waals surface area contributed by atoms with E-state index in [1.165, 1.54) is 19.5 Å². The Balaban J connectivity index is 1.92. The molecule has 2 aliphatic heterocycles. The highest BCUT2D eigenvalue weighted by Gasteiger charge is 2.40. The van der Waals surface area contributed by atoms with Crippen molar-refractivity contribution < 1.29 is 4.74 Å². The van der Waals surface area contributed by atoms with E-state index < -0.39 is 0 Å². The molecule has 4 nitrogen and oxygen atoms in total. The normalized spacial score (nSPS) is 32.0. The van der Waals surface area contributed by atoms with Crippen molar-refractivity contribution in [2.24, 2.45) is 23.7 Å². The Morgan fingerprint density at radius 2 is 1.91 bits per heavy atom. The summed E-state index contributed by atoms with van der Waals surface area (Å²) in [4.78, 5) is 5.09. The fraction of sp³-hybridized carbons (Fsp3) is 0.944. The molecule has 0 spiro atoms. The van der Waals surface area contributed by atoms with Gasteiger partial charge in [-0.15, -0.1) is 0 Å². The van der Waals surface area contributed by atoms with Gasteiger partial charge in [0.25, 0.3) is 0 Å². The zero-order chi connectivity index (χ0) is 16.1. The Morgan fingerprint density at radius 1 is 1.27 bits per heavy atom. The standard InChI is InChI=1S/C18H35N3O/c1-5-7-15(8-19)9-20(4)14(3)21-10-16-12-22-13-17(11-21)18(16)6-2/h8,14-19H,5-7,9-13H2,1-4H3. The lowest BCUT2D eigenvalue weighted by Gasteiger charge is -2.50. The van der Waals surface area contributed by atoms with Crippen LogP contribution in [0.15, 0.2) is 0 Å². The summed E-state index contributed by atoms with van der Waals surface area (Å²) in [5.74, 6) is 2.68. The van der Waals surface area contributed by atoms with Gasteiger partial charge < -0.3 is 10.1 Å². The quantitative estimate of drug-likeness (QED) is 0.701. The van der Waals surface area contributed by atoms with Gasteiger partial charge in [-0.05, 0) is 44.4 Å². The van der Waals surface area contributed by atoms with Crippen LogP contribution in [0.5, 0.6) is 0 Å². The van der Waals surface area contributed by atoms with Crippen LogP contribution in [0.2, 0.25) is 0 Å². The van der Waals surface area contributed by atoms with Gasteiger partial charge in [0.05, 0.1) is 19.4 Å². The highest BCUT2D eigenvalue weighted by Crippen LogP contribution is 2.36. The molecule has 2 fully saturated rings. The second-order valence-corrected chi connectivity index (χ2v) is 7.37. The van der Waals surface area contributed by atoms with Crippen molar-refractivity contribution in [1.82, 2.24) is 9.80 Å². The summed E-state index contributed by atoms with van der Waals surface area (Å²) in [6.07, 6.45) is 5.67. The van der Waals surface area contributed by atoms with Crippen molar-refractivity contribution in [3.63, 3.8) is 0 Å². The third kappa shape index (κ3) is 4.09. The highest BCUT2D eigenvalue weighted by atomic mass is 16.5. The van der Waals surface area contributed by atoms with Crippen LogP contribution in [0.4, 0.5) is 0 Å². The molecule has 22 heavy (non-hydrogen) atoms. The first-order chi connectivity index (χ1) is 10.6. The van der Waals surface area contributed by atoms with E-state index in [9.17, 15) is 0 Å².